The van der Waals surface area contributed by atoms with Crippen LogP contribution in [0.2, 0.25) is 0 Å². The summed E-state index contributed by atoms with van der Waals surface area (Å²) in [6.45, 7) is 2.19. The van der Waals surface area contributed by atoms with Gasteiger partial charge in [-0.15, -0.1) is 0 Å². The number of carbonyl (C=O) groups excluding carboxylic acids is 1. The second kappa shape index (κ2) is 18.2. The summed E-state index contributed by atoms with van der Waals surface area (Å²) in [5.74, 6) is -0.858. The summed E-state index contributed by atoms with van der Waals surface area (Å²) in [6, 6.07) is 13.6. The Balaban J connectivity index is -0.000000576. The van der Waals surface area contributed by atoms with Gasteiger partial charge in [-0.25, -0.2) is 9.18 Å². The molecule has 9 heteroatoms. The Hall–Kier alpha value is -2.16. The van der Waals surface area contributed by atoms with E-state index in [1.807, 2.05) is 12.1 Å². The Morgan fingerprint density at radius 3 is 2.07 bits per heavy atom. The molecular formula is C19H26F6O2S. The summed E-state index contributed by atoms with van der Waals surface area (Å²) >= 11 is 0.749. The molecule has 0 unspecified atom stereocenters. The highest BCUT2D eigenvalue weighted by Gasteiger charge is 2.10. The fourth-order valence-corrected chi connectivity index (χ4v) is 2.75. The van der Waals surface area contributed by atoms with Crippen LogP contribution in [0.1, 0.15) is 48.5 Å². The van der Waals surface area contributed by atoms with Gasteiger partial charge in [0.25, 0.3) is 0 Å². The maximum absolute atomic E-state index is 13.5. The summed E-state index contributed by atoms with van der Waals surface area (Å²) in [4.78, 5) is 12.3. The van der Waals surface area contributed by atoms with Crippen molar-refractivity contribution in [2.45, 2.75) is 43.9 Å². The maximum Gasteiger partial charge on any atom is 0.350 e. The van der Waals surface area contributed by atoms with E-state index in [9.17, 15) is 9.18 Å². The maximum atomic E-state index is 13.5. The number of halogens is 6. The monoisotopic (exact) mass is 432 g/mol. The van der Waals surface area contributed by atoms with Gasteiger partial charge in [-0.2, -0.15) is 0 Å². The van der Waals surface area contributed by atoms with Crippen LogP contribution in [0.4, 0.5) is 27.9 Å². The highest BCUT2D eigenvalue weighted by atomic mass is 32.2. The number of aryl methyl sites for hydroxylation is 1. The van der Waals surface area contributed by atoms with Crippen LogP contribution >= 0.6 is 12.0 Å². The van der Waals surface area contributed by atoms with Gasteiger partial charge in [0.1, 0.15) is 5.82 Å². The van der Waals surface area contributed by atoms with E-state index in [1.165, 1.54) is 37.3 Å². The molecule has 0 amide bonds. The molecule has 0 heterocycles. The summed E-state index contributed by atoms with van der Waals surface area (Å²) in [6.07, 6.45) is 5.92. The number of carbonyl (C=O) groups is 1. The third-order valence-corrected chi connectivity index (χ3v) is 4.30. The molecule has 0 bridgehead atoms. The number of hydrogen-bond acceptors (Lipinski definition) is 3. The zero-order chi connectivity index (χ0) is 16.5. The van der Waals surface area contributed by atoms with Crippen molar-refractivity contribution in [1.82, 2.24) is 0 Å². The van der Waals surface area contributed by atoms with E-state index < -0.39 is 11.8 Å². The van der Waals surface area contributed by atoms with Crippen molar-refractivity contribution < 1.29 is 36.9 Å². The van der Waals surface area contributed by atoms with E-state index >= 15 is 0 Å². The normalized spacial score (nSPS) is 8.64. The van der Waals surface area contributed by atoms with Crippen LogP contribution in [0.15, 0.2) is 53.4 Å². The van der Waals surface area contributed by atoms with Crippen molar-refractivity contribution in [3.8, 4) is 0 Å². The van der Waals surface area contributed by atoms with Gasteiger partial charge >= 0.3 is 5.97 Å². The third-order valence-electron chi connectivity index (χ3n) is 3.55. The lowest BCUT2D eigenvalue weighted by atomic mass is 10.0. The summed E-state index contributed by atoms with van der Waals surface area (Å²) in [5, 5.41) is 0. The molecule has 2 aromatic carbocycles. The van der Waals surface area contributed by atoms with Crippen molar-refractivity contribution >= 4 is 18.0 Å². The van der Waals surface area contributed by atoms with Crippen LogP contribution < -0.4 is 0 Å². The molecule has 0 saturated carbocycles. The molecule has 2 nitrogen and oxygen atoms in total. The molecular weight excluding hydrogens is 406 g/mol. The average molecular weight is 432 g/mol. The molecule has 0 N–H and O–H groups in total. The molecule has 0 spiro atoms. The van der Waals surface area contributed by atoms with E-state index in [4.69, 9.17) is 4.18 Å². The quantitative estimate of drug-likeness (QED) is 0.268. The topological polar surface area (TPSA) is 26.3 Å². The van der Waals surface area contributed by atoms with Crippen molar-refractivity contribution in [2.24, 2.45) is 0 Å². The largest absolute Gasteiger partial charge is 0.382 e. The van der Waals surface area contributed by atoms with Gasteiger partial charge in [0.2, 0.25) is 0 Å². The first kappa shape index (κ1) is 33.4. The first-order valence-electron chi connectivity index (χ1n) is 7.93. The number of hydrogen-bond donors (Lipinski definition) is 0. The molecule has 162 valence electrons. The van der Waals surface area contributed by atoms with Gasteiger partial charge in [0.15, 0.2) is 0 Å². The van der Waals surface area contributed by atoms with E-state index in [1.54, 1.807) is 30.3 Å². The van der Waals surface area contributed by atoms with Gasteiger partial charge in [-0.1, -0.05) is 50.5 Å². The lowest BCUT2D eigenvalue weighted by molar-refractivity contribution is 0.0768. The number of benzene rings is 2. The van der Waals surface area contributed by atoms with E-state index in [-0.39, 0.29) is 23.5 Å². The number of rotatable bonds is 8. The van der Waals surface area contributed by atoms with Crippen molar-refractivity contribution in [3.63, 3.8) is 0 Å². The minimum atomic E-state index is -0.462. The molecule has 2 rings (SSSR count). The summed E-state index contributed by atoms with van der Waals surface area (Å²) < 4.78 is 18.5. The molecule has 0 aliphatic carbocycles. The fourth-order valence-electron chi connectivity index (χ4n) is 2.21. The lowest BCUT2D eigenvalue weighted by Crippen LogP contribution is -2.00. The van der Waals surface area contributed by atoms with Crippen LogP contribution in [0.25, 0.3) is 0 Å². The Bertz CT molecular complexity index is 641. The molecule has 0 aliphatic heterocycles. The molecule has 0 saturated heterocycles. The Kier molecular flexibility index (Phi) is 21.7. The zero-order valence-corrected chi connectivity index (χ0v) is 16.1. The first-order chi connectivity index (χ1) is 11.2. The van der Waals surface area contributed by atoms with Gasteiger partial charge in [0.05, 0.1) is 22.5 Å². The highest BCUT2D eigenvalue weighted by molar-refractivity contribution is 7.95. The first-order valence-corrected chi connectivity index (χ1v) is 8.67. The molecule has 2 aromatic rings. The van der Waals surface area contributed by atoms with Gasteiger partial charge < -0.3 is 4.18 Å². The third kappa shape index (κ3) is 10.9. The SMILES string of the molecule is CCCCCCc1ccc(C(=O)OSc2ccccc2F)cc1.F.F.F.F.F. The molecule has 0 aromatic heterocycles. The fraction of sp³-hybridized carbons (Fsp3) is 0.316. The van der Waals surface area contributed by atoms with Crippen LogP contribution in [0.5, 0.6) is 0 Å². The van der Waals surface area contributed by atoms with Crippen LogP contribution in [-0.4, -0.2) is 5.97 Å². The van der Waals surface area contributed by atoms with E-state index in [0.717, 1.165) is 18.5 Å². The zero-order valence-electron chi connectivity index (χ0n) is 15.3. The highest BCUT2D eigenvalue weighted by Crippen LogP contribution is 2.23. The van der Waals surface area contributed by atoms with Crippen molar-refractivity contribution in [3.05, 3.63) is 65.5 Å². The standard InChI is InChI=1S/C19H21FO2S.5FH/c1-2-3-4-5-8-15-11-13-16(14-12-15)19(21)22-23-18-10-7-6-9-17(18)20;;;;;/h6-7,9-14H,2-5,8H2,1H3;5*1H. The number of unbranched alkanes of at least 4 members (excludes halogenated alkanes) is 3. The van der Waals surface area contributed by atoms with Crippen molar-refractivity contribution in [2.75, 3.05) is 0 Å². The predicted molar refractivity (Wildman–Crippen MR) is 104 cm³/mol. The minimum absolute atomic E-state index is 0. The molecule has 0 aliphatic rings. The van der Waals surface area contributed by atoms with Gasteiger partial charge in [-0.3, -0.25) is 23.5 Å². The van der Waals surface area contributed by atoms with E-state index in [0.29, 0.717) is 10.5 Å². The second-order valence-corrected chi connectivity index (χ2v) is 6.17. The Morgan fingerprint density at radius 1 is 0.893 bits per heavy atom. The smallest absolute Gasteiger partial charge is 0.350 e. The summed E-state index contributed by atoms with van der Waals surface area (Å²) in [7, 11) is 0. The predicted octanol–water partition coefficient (Wildman–Crippen LogP) is 6.58. The van der Waals surface area contributed by atoms with Crippen LogP contribution in [0, 0.1) is 5.82 Å². The molecule has 0 fully saturated rings. The second-order valence-electron chi connectivity index (χ2n) is 5.39. The van der Waals surface area contributed by atoms with Gasteiger partial charge in [-0.05, 0) is 42.7 Å². The Labute approximate surface area is 164 Å². The molecule has 28 heavy (non-hydrogen) atoms. The van der Waals surface area contributed by atoms with Crippen LogP contribution in [0.3, 0.4) is 0 Å². The summed E-state index contributed by atoms with van der Waals surface area (Å²) in [5.41, 5.74) is 1.70. The minimum Gasteiger partial charge on any atom is -0.382 e. The average Bonchev–Trinajstić information content (AvgIpc) is 2.58. The molecule has 0 radical (unpaired) electrons. The lowest BCUT2D eigenvalue weighted by Gasteiger charge is -2.05. The Morgan fingerprint density at radius 2 is 1.50 bits per heavy atom. The van der Waals surface area contributed by atoms with Crippen molar-refractivity contribution in [1.29, 1.82) is 0 Å². The molecule has 0 atom stereocenters. The van der Waals surface area contributed by atoms with Gasteiger partial charge in [0, 0.05) is 0 Å². The van der Waals surface area contributed by atoms with E-state index in [2.05, 4.69) is 6.92 Å². The van der Waals surface area contributed by atoms with Crippen LogP contribution in [-0.2, 0) is 10.6 Å².